The van der Waals surface area contributed by atoms with Crippen LogP contribution in [0.5, 0.6) is 0 Å². The van der Waals surface area contributed by atoms with E-state index < -0.39 is 22.4 Å². The molecule has 0 radical (unpaired) electrons. The van der Waals surface area contributed by atoms with Gasteiger partial charge in [0.15, 0.2) is 0 Å². The van der Waals surface area contributed by atoms with Gasteiger partial charge in [0.25, 0.3) is 5.69 Å². The molecule has 0 aliphatic rings. The highest BCUT2D eigenvalue weighted by Gasteiger charge is 2.33. The zero-order chi connectivity index (χ0) is 18.6. The number of hydrogen-bond donors (Lipinski definition) is 2. The summed E-state index contributed by atoms with van der Waals surface area (Å²) in [4.78, 5) is 11.4. The van der Waals surface area contributed by atoms with E-state index in [1.807, 2.05) is 44.4 Å². The molecular weight excluding hydrogens is 335 g/mol. The average molecular weight is 354 g/mol. The van der Waals surface area contributed by atoms with E-state index in [0.717, 1.165) is 22.6 Å². The number of alkyl halides is 3. The second-order valence-corrected chi connectivity index (χ2v) is 5.91. The third kappa shape index (κ3) is 4.69. The number of nitrogens with zero attached hydrogens (tertiary/aromatic N) is 1. The number of rotatable bonds is 6. The molecule has 0 bridgehead atoms. The molecule has 0 aliphatic carbocycles. The minimum atomic E-state index is -4.62. The monoisotopic (exact) mass is 354 g/mol. The van der Waals surface area contributed by atoms with Crippen LogP contribution in [0.2, 0.25) is 0 Å². The van der Waals surface area contributed by atoms with Crippen LogP contribution >= 0.6 is 0 Å². The fraction of sp³-hybridized carbons (Fsp3) is 0.294. The molecular formula is C17H19F3N3O2+. The molecule has 0 aromatic heterocycles. The van der Waals surface area contributed by atoms with Crippen molar-refractivity contribution in [2.24, 2.45) is 0 Å². The maximum atomic E-state index is 12.8. The summed E-state index contributed by atoms with van der Waals surface area (Å²) >= 11 is 0. The Balaban J connectivity index is 2.25. The highest BCUT2D eigenvalue weighted by molar-refractivity contribution is 5.63. The van der Waals surface area contributed by atoms with Crippen molar-refractivity contribution in [3.63, 3.8) is 0 Å². The molecule has 5 nitrogen and oxygen atoms in total. The lowest BCUT2D eigenvalue weighted by Crippen LogP contribution is -3.06. The zero-order valence-corrected chi connectivity index (χ0v) is 13.8. The molecule has 2 rings (SSSR count). The number of quaternary nitrogens is 1. The van der Waals surface area contributed by atoms with Gasteiger partial charge in [-0.3, -0.25) is 10.1 Å². The van der Waals surface area contributed by atoms with Crippen LogP contribution in [0, 0.1) is 10.1 Å². The summed E-state index contributed by atoms with van der Waals surface area (Å²) < 4.78 is 38.3. The predicted octanol–water partition coefficient (Wildman–Crippen LogP) is 2.91. The number of hydrogen-bond acceptors (Lipinski definition) is 3. The first-order valence-electron chi connectivity index (χ1n) is 7.64. The van der Waals surface area contributed by atoms with Gasteiger partial charge in [-0.25, -0.2) is 0 Å². The second-order valence-electron chi connectivity index (χ2n) is 5.91. The number of anilines is 1. The summed E-state index contributed by atoms with van der Waals surface area (Å²) in [7, 11) is 3.89. The van der Waals surface area contributed by atoms with Crippen LogP contribution in [0.3, 0.4) is 0 Å². The Morgan fingerprint density at radius 1 is 1.16 bits per heavy atom. The molecule has 25 heavy (non-hydrogen) atoms. The van der Waals surface area contributed by atoms with Crippen LogP contribution in [0.25, 0.3) is 0 Å². The predicted molar refractivity (Wildman–Crippen MR) is 88.6 cm³/mol. The maximum absolute atomic E-state index is 12.8. The highest BCUT2D eigenvalue weighted by Crippen LogP contribution is 2.35. The van der Waals surface area contributed by atoms with E-state index in [0.29, 0.717) is 12.6 Å². The van der Waals surface area contributed by atoms with E-state index >= 15 is 0 Å². The van der Waals surface area contributed by atoms with E-state index in [2.05, 4.69) is 5.32 Å². The molecule has 0 unspecified atom stereocenters. The normalized spacial score (nSPS) is 12.9. The number of nitrogens with one attached hydrogen (secondary N) is 2. The van der Waals surface area contributed by atoms with Crippen molar-refractivity contribution in [1.82, 2.24) is 0 Å². The van der Waals surface area contributed by atoms with Gasteiger partial charge in [-0.1, -0.05) is 30.3 Å². The number of benzene rings is 2. The maximum Gasteiger partial charge on any atom is 0.416 e. The van der Waals surface area contributed by atoms with Crippen LogP contribution in [-0.4, -0.2) is 25.6 Å². The topological polar surface area (TPSA) is 59.6 Å². The van der Waals surface area contributed by atoms with Crippen LogP contribution in [0.15, 0.2) is 48.5 Å². The van der Waals surface area contributed by atoms with Crippen molar-refractivity contribution in [3.05, 3.63) is 69.8 Å². The fourth-order valence-corrected chi connectivity index (χ4v) is 2.56. The molecule has 0 heterocycles. The largest absolute Gasteiger partial charge is 0.416 e. The molecule has 2 N–H and O–H groups in total. The van der Waals surface area contributed by atoms with E-state index in [4.69, 9.17) is 0 Å². The Bertz CT molecular complexity index is 734. The van der Waals surface area contributed by atoms with Crippen molar-refractivity contribution in [3.8, 4) is 0 Å². The summed E-state index contributed by atoms with van der Waals surface area (Å²) in [6, 6.07) is 12.1. The first-order valence-corrected chi connectivity index (χ1v) is 7.64. The van der Waals surface area contributed by atoms with Crippen LogP contribution in [0.1, 0.15) is 17.2 Å². The van der Waals surface area contributed by atoms with E-state index in [-0.39, 0.29) is 11.7 Å². The van der Waals surface area contributed by atoms with Gasteiger partial charge in [-0.05, 0) is 12.1 Å². The average Bonchev–Trinajstić information content (AvgIpc) is 2.54. The van der Waals surface area contributed by atoms with Gasteiger partial charge < -0.3 is 10.2 Å². The first-order chi connectivity index (χ1) is 11.7. The summed E-state index contributed by atoms with van der Waals surface area (Å²) in [6.45, 7) is 0.346. The Morgan fingerprint density at radius 2 is 1.80 bits per heavy atom. The van der Waals surface area contributed by atoms with E-state index in [1.165, 1.54) is 0 Å². The molecule has 2 aromatic carbocycles. The summed E-state index contributed by atoms with van der Waals surface area (Å²) in [5, 5.41) is 14.1. The molecule has 1 atom stereocenters. The van der Waals surface area contributed by atoms with Gasteiger partial charge in [0.2, 0.25) is 0 Å². The molecule has 0 amide bonds. The van der Waals surface area contributed by atoms with Gasteiger partial charge in [-0.15, -0.1) is 0 Å². The third-order valence-corrected chi connectivity index (χ3v) is 3.92. The van der Waals surface area contributed by atoms with Crippen molar-refractivity contribution >= 4 is 11.4 Å². The fourth-order valence-electron chi connectivity index (χ4n) is 2.56. The quantitative estimate of drug-likeness (QED) is 0.619. The van der Waals surface area contributed by atoms with Gasteiger partial charge in [0.05, 0.1) is 31.1 Å². The third-order valence-electron chi connectivity index (χ3n) is 3.92. The van der Waals surface area contributed by atoms with E-state index in [9.17, 15) is 23.3 Å². The van der Waals surface area contributed by atoms with Gasteiger partial charge in [0.1, 0.15) is 11.7 Å². The Morgan fingerprint density at radius 3 is 2.32 bits per heavy atom. The molecule has 0 saturated carbocycles. The molecule has 134 valence electrons. The lowest BCUT2D eigenvalue weighted by atomic mass is 10.1. The minimum absolute atomic E-state index is 0.0110. The Kier molecular flexibility index (Phi) is 5.63. The molecule has 0 saturated heterocycles. The van der Waals surface area contributed by atoms with E-state index in [1.54, 1.807) is 0 Å². The molecule has 0 aliphatic heterocycles. The van der Waals surface area contributed by atoms with Crippen LogP contribution < -0.4 is 10.2 Å². The molecule has 0 spiro atoms. The van der Waals surface area contributed by atoms with Crippen LogP contribution in [-0.2, 0) is 6.18 Å². The number of nitro groups is 1. The smallest absolute Gasteiger partial charge is 0.373 e. The standard InChI is InChI=1S/C17H18F3N3O2/c1-22(2)16(12-6-4-3-5-7-12)11-21-14-9-8-13(17(18,19)20)10-15(14)23(24)25/h3-10,16,21H,11H2,1-2H3/p+1/t16-/m1/s1. The second kappa shape index (κ2) is 7.52. The Labute approximate surface area is 143 Å². The number of halogens is 3. The number of nitro benzene ring substituents is 1. The summed E-state index contributed by atoms with van der Waals surface area (Å²) in [6.07, 6.45) is -4.62. The minimum Gasteiger partial charge on any atom is -0.373 e. The Hall–Kier alpha value is -2.61. The van der Waals surface area contributed by atoms with Crippen molar-refractivity contribution in [2.75, 3.05) is 26.0 Å². The number of likely N-dealkylation sites (N-methyl/N-ethyl adjacent to an activating group) is 1. The highest BCUT2D eigenvalue weighted by atomic mass is 19.4. The van der Waals surface area contributed by atoms with Gasteiger partial charge in [0, 0.05) is 11.6 Å². The lowest BCUT2D eigenvalue weighted by molar-refractivity contribution is -0.890. The van der Waals surface area contributed by atoms with Crippen LogP contribution in [0.4, 0.5) is 24.5 Å². The van der Waals surface area contributed by atoms with Gasteiger partial charge in [-0.2, -0.15) is 13.2 Å². The molecule has 8 heteroatoms. The van der Waals surface area contributed by atoms with Crippen molar-refractivity contribution in [1.29, 1.82) is 0 Å². The first kappa shape index (κ1) is 18.7. The van der Waals surface area contributed by atoms with Crippen molar-refractivity contribution in [2.45, 2.75) is 12.2 Å². The SMILES string of the molecule is C[NH+](C)[C@H](CNc1ccc(C(F)(F)F)cc1[N+](=O)[O-])c1ccccc1. The zero-order valence-electron chi connectivity index (χ0n) is 13.8. The lowest BCUT2D eigenvalue weighted by Gasteiger charge is -2.22. The van der Waals surface area contributed by atoms with Crippen molar-refractivity contribution < 1.29 is 23.0 Å². The van der Waals surface area contributed by atoms with Gasteiger partial charge >= 0.3 is 6.18 Å². The molecule has 2 aromatic rings. The summed E-state index contributed by atoms with van der Waals surface area (Å²) in [5.74, 6) is 0. The molecule has 0 fully saturated rings. The summed E-state index contributed by atoms with van der Waals surface area (Å²) in [5.41, 5.74) is -0.525.